The summed E-state index contributed by atoms with van der Waals surface area (Å²) in [7, 11) is 0. The van der Waals surface area contributed by atoms with Crippen molar-refractivity contribution in [1.29, 1.82) is 0 Å². The average molecular weight is 357 g/mol. The van der Waals surface area contributed by atoms with Gasteiger partial charge in [-0.3, -0.25) is 4.99 Å². The van der Waals surface area contributed by atoms with Crippen molar-refractivity contribution < 1.29 is 0 Å². The predicted octanol–water partition coefficient (Wildman–Crippen LogP) is 3.57. The molecule has 1 heterocycles. The Hall–Kier alpha value is -1.88. The molecule has 0 radical (unpaired) electrons. The highest BCUT2D eigenvalue weighted by Crippen LogP contribution is 2.48. The van der Waals surface area contributed by atoms with Gasteiger partial charge in [-0.25, -0.2) is 4.98 Å². The lowest BCUT2D eigenvalue weighted by atomic mass is 9.97. The van der Waals surface area contributed by atoms with Gasteiger partial charge in [-0.15, -0.1) is 11.3 Å². The molecule has 1 aromatic heterocycles. The molecule has 25 heavy (non-hydrogen) atoms. The van der Waals surface area contributed by atoms with Crippen LogP contribution in [0.4, 0.5) is 0 Å². The number of aromatic nitrogens is 1. The van der Waals surface area contributed by atoms with E-state index in [4.69, 9.17) is 4.99 Å². The molecule has 2 N–H and O–H groups in total. The molecule has 0 saturated heterocycles. The first-order valence-corrected chi connectivity index (χ1v) is 9.98. The van der Waals surface area contributed by atoms with Gasteiger partial charge in [-0.1, -0.05) is 30.3 Å². The van der Waals surface area contributed by atoms with Crippen LogP contribution in [0.1, 0.15) is 35.2 Å². The molecular formula is C20H28N4S. The van der Waals surface area contributed by atoms with E-state index in [9.17, 15) is 0 Å². The molecule has 2 aromatic rings. The molecular weight excluding hydrogens is 328 g/mol. The SMILES string of the molecule is CCNC(=NCC1(Cc2ccccc2)CC1)NCCc1ncc(C)s1. The Morgan fingerprint density at radius 3 is 2.68 bits per heavy atom. The second kappa shape index (κ2) is 8.48. The lowest BCUT2D eigenvalue weighted by Crippen LogP contribution is -2.38. The van der Waals surface area contributed by atoms with E-state index in [0.29, 0.717) is 5.41 Å². The normalized spacial score (nSPS) is 15.8. The second-order valence-electron chi connectivity index (χ2n) is 6.90. The minimum Gasteiger partial charge on any atom is -0.357 e. The third kappa shape index (κ3) is 5.56. The highest BCUT2D eigenvalue weighted by Gasteiger charge is 2.42. The molecule has 0 aliphatic heterocycles. The van der Waals surface area contributed by atoms with Gasteiger partial charge >= 0.3 is 0 Å². The largest absolute Gasteiger partial charge is 0.357 e. The Kier molecular flexibility index (Phi) is 6.08. The molecule has 0 spiro atoms. The van der Waals surface area contributed by atoms with Crippen molar-refractivity contribution in [3.05, 3.63) is 52.0 Å². The maximum atomic E-state index is 4.86. The van der Waals surface area contributed by atoms with E-state index in [-0.39, 0.29) is 0 Å². The molecule has 1 saturated carbocycles. The van der Waals surface area contributed by atoms with E-state index < -0.39 is 0 Å². The van der Waals surface area contributed by atoms with Crippen LogP contribution in [0.25, 0.3) is 0 Å². The molecule has 4 nitrogen and oxygen atoms in total. The Morgan fingerprint density at radius 2 is 2.04 bits per heavy atom. The quantitative estimate of drug-likeness (QED) is 0.561. The smallest absolute Gasteiger partial charge is 0.191 e. The van der Waals surface area contributed by atoms with Crippen molar-refractivity contribution in [2.75, 3.05) is 19.6 Å². The van der Waals surface area contributed by atoms with E-state index in [1.165, 1.54) is 28.3 Å². The van der Waals surface area contributed by atoms with Gasteiger partial charge in [0, 0.05) is 37.1 Å². The van der Waals surface area contributed by atoms with Crippen LogP contribution in [0.5, 0.6) is 0 Å². The number of benzene rings is 1. The zero-order valence-corrected chi connectivity index (χ0v) is 16.0. The molecule has 1 fully saturated rings. The zero-order valence-electron chi connectivity index (χ0n) is 15.2. The number of guanidine groups is 1. The van der Waals surface area contributed by atoms with Crippen LogP contribution in [-0.2, 0) is 12.8 Å². The fourth-order valence-corrected chi connectivity index (χ4v) is 3.78. The summed E-state index contributed by atoms with van der Waals surface area (Å²) in [4.78, 5) is 10.5. The average Bonchev–Trinajstić information content (AvgIpc) is 3.25. The van der Waals surface area contributed by atoms with Gasteiger partial charge in [0.15, 0.2) is 5.96 Å². The number of aliphatic imine (C=N–C) groups is 1. The molecule has 1 aliphatic carbocycles. The number of thiazole rings is 1. The summed E-state index contributed by atoms with van der Waals surface area (Å²) in [5, 5.41) is 7.99. The zero-order chi connectivity index (χ0) is 17.5. The molecule has 0 atom stereocenters. The highest BCUT2D eigenvalue weighted by molar-refractivity contribution is 7.11. The molecule has 1 aromatic carbocycles. The monoisotopic (exact) mass is 356 g/mol. The number of nitrogens with one attached hydrogen (secondary N) is 2. The topological polar surface area (TPSA) is 49.3 Å². The first-order valence-electron chi connectivity index (χ1n) is 9.16. The fourth-order valence-electron chi connectivity index (χ4n) is 2.99. The van der Waals surface area contributed by atoms with Crippen molar-refractivity contribution >= 4 is 17.3 Å². The molecule has 5 heteroatoms. The van der Waals surface area contributed by atoms with Crippen LogP contribution >= 0.6 is 11.3 Å². The third-order valence-corrected chi connectivity index (χ3v) is 5.57. The van der Waals surface area contributed by atoms with E-state index in [0.717, 1.165) is 38.4 Å². The number of hydrogen-bond acceptors (Lipinski definition) is 3. The third-order valence-electron chi connectivity index (χ3n) is 4.60. The first kappa shape index (κ1) is 17.9. The Balaban J connectivity index is 1.51. The van der Waals surface area contributed by atoms with Crippen LogP contribution in [0.15, 0.2) is 41.5 Å². The maximum Gasteiger partial charge on any atom is 0.191 e. The summed E-state index contributed by atoms with van der Waals surface area (Å²) in [6, 6.07) is 10.8. The van der Waals surface area contributed by atoms with Crippen molar-refractivity contribution in [2.24, 2.45) is 10.4 Å². The van der Waals surface area contributed by atoms with Crippen LogP contribution in [0.3, 0.4) is 0 Å². The summed E-state index contributed by atoms with van der Waals surface area (Å²) in [6.45, 7) is 6.85. The molecule has 3 rings (SSSR count). The van der Waals surface area contributed by atoms with Gasteiger partial charge in [-0.2, -0.15) is 0 Å². The summed E-state index contributed by atoms with van der Waals surface area (Å²) in [6.07, 6.45) is 6.58. The molecule has 0 unspecified atom stereocenters. The summed E-state index contributed by atoms with van der Waals surface area (Å²) in [5.41, 5.74) is 1.79. The minimum atomic E-state index is 0.371. The fraction of sp³-hybridized carbons (Fsp3) is 0.500. The number of nitrogens with zero attached hydrogens (tertiary/aromatic N) is 2. The van der Waals surface area contributed by atoms with Crippen LogP contribution in [0.2, 0.25) is 0 Å². The highest BCUT2D eigenvalue weighted by atomic mass is 32.1. The van der Waals surface area contributed by atoms with Crippen molar-refractivity contribution in [2.45, 2.75) is 39.5 Å². The van der Waals surface area contributed by atoms with Crippen LogP contribution in [-0.4, -0.2) is 30.6 Å². The van der Waals surface area contributed by atoms with Gasteiger partial charge in [0.2, 0.25) is 0 Å². The van der Waals surface area contributed by atoms with Crippen LogP contribution in [0, 0.1) is 12.3 Å². The van der Waals surface area contributed by atoms with Gasteiger partial charge in [0.05, 0.1) is 5.01 Å². The number of aryl methyl sites for hydroxylation is 1. The number of hydrogen-bond donors (Lipinski definition) is 2. The summed E-state index contributed by atoms with van der Waals surface area (Å²) < 4.78 is 0. The van der Waals surface area contributed by atoms with E-state index in [1.54, 1.807) is 11.3 Å². The lowest BCUT2D eigenvalue weighted by molar-refractivity contribution is 0.519. The van der Waals surface area contributed by atoms with Gasteiger partial charge in [-0.05, 0) is 44.1 Å². The minimum absolute atomic E-state index is 0.371. The lowest BCUT2D eigenvalue weighted by Gasteiger charge is -2.15. The molecule has 134 valence electrons. The predicted molar refractivity (Wildman–Crippen MR) is 106 cm³/mol. The Bertz CT molecular complexity index is 689. The molecule has 1 aliphatic rings. The van der Waals surface area contributed by atoms with Crippen molar-refractivity contribution in [3.63, 3.8) is 0 Å². The first-order chi connectivity index (χ1) is 12.2. The van der Waals surface area contributed by atoms with E-state index in [2.05, 4.69) is 59.8 Å². The van der Waals surface area contributed by atoms with Gasteiger partial charge in [0.25, 0.3) is 0 Å². The van der Waals surface area contributed by atoms with Crippen LogP contribution < -0.4 is 10.6 Å². The summed E-state index contributed by atoms with van der Waals surface area (Å²) in [5.74, 6) is 0.926. The standard InChI is InChI=1S/C20H28N4S/c1-3-21-19(22-12-9-18-23-14-16(2)25-18)24-15-20(10-11-20)13-17-7-5-4-6-8-17/h4-8,14H,3,9-13,15H2,1-2H3,(H2,21,22,24). The number of rotatable bonds is 8. The Labute approximate surface area is 154 Å². The van der Waals surface area contributed by atoms with Gasteiger partial charge < -0.3 is 10.6 Å². The molecule has 0 amide bonds. The van der Waals surface area contributed by atoms with Crippen molar-refractivity contribution in [1.82, 2.24) is 15.6 Å². The second-order valence-corrected chi connectivity index (χ2v) is 8.22. The summed E-state index contributed by atoms with van der Waals surface area (Å²) >= 11 is 1.77. The Morgan fingerprint density at radius 1 is 1.24 bits per heavy atom. The molecule has 0 bridgehead atoms. The maximum absolute atomic E-state index is 4.86. The van der Waals surface area contributed by atoms with Gasteiger partial charge in [0.1, 0.15) is 0 Å². The van der Waals surface area contributed by atoms with Crippen molar-refractivity contribution in [3.8, 4) is 0 Å². The van der Waals surface area contributed by atoms with E-state index >= 15 is 0 Å². The van der Waals surface area contributed by atoms with E-state index in [1.807, 2.05) is 6.20 Å².